The minimum absolute atomic E-state index is 0.0691. The van der Waals surface area contributed by atoms with Crippen LogP contribution in [0.5, 0.6) is 0 Å². The van der Waals surface area contributed by atoms with Crippen LogP contribution in [0.4, 0.5) is 17.6 Å². The van der Waals surface area contributed by atoms with Crippen molar-refractivity contribution in [2.75, 3.05) is 19.8 Å². The van der Waals surface area contributed by atoms with Gasteiger partial charge in [0.25, 0.3) is 0 Å². The second-order valence-electron chi connectivity index (χ2n) is 4.49. The number of carbonyl (C=O) groups excluding carboxylic acids is 2. The third-order valence-corrected chi connectivity index (χ3v) is 2.41. The topological polar surface area (TPSA) is 52.6 Å². The summed E-state index contributed by atoms with van der Waals surface area (Å²) in [5.41, 5.74) is 0. The average Bonchev–Trinajstić information content (AvgIpc) is 2.28. The number of hydrogen-bond acceptors (Lipinski definition) is 4. The molecule has 4 nitrogen and oxygen atoms in total. The van der Waals surface area contributed by atoms with E-state index in [2.05, 4.69) is 9.47 Å². The van der Waals surface area contributed by atoms with Gasteiger partial charge < -0.3 is 9.47 Å². The molecule has 0 aliphatic heterocycles. The Kier molecular flexibility index (Phi) is 7.70. The molecule has 0 spiro atoms. The van der Waals surface area contributed by atoms with Crippen molar-refractivity contribution in [3.05, 3.63) is 0 Å². The molecule has 0 amide bonds. The largest absolute Gasteiger partial charge is 0.465 e. The molecular weight excluding hydrogens is 284 g/mol. The summed E-state index contributed by atoms with van der Waals surface area (Å²) in [7, 11) is 0. The van der Waals surface area contributed by atoms with Gasteiger partial charge in [-0.05, 0) is 12.8 Å². The SMILES string of the molecule is CCOC(=O)C(C(=O)COCC(F)(F)C(F)F)C(C)C. The number of hydrogen-bond donors (Lipinski definition) is 0. The quantitative estimate of drug-likeness (QED) is 0.372. The van der Waals surface area contributed by atoms with Crippen LogP contribution in [0.1, 0.15) is 20.8 Å². The van der Waals surface area contributed by atoms with E-state index >= 15 is 0 Å². The molecule has 1 unspecified atom stereocenters. The number of rotatable bonds is 9. The highest BCUT2D eigenvalue weighted by molar-refractivity contribution is 5.99. The molecule has 0 fully saturated rings. The lowest BCUT2D eigenvalue weighted by atomic mass is 9.92. The van der Waals surface area contributed by atoms with Gasteiger partial charge in [-0.3, -0.25) is 9.59 Å². The Hall–Kier alpha value is -1.18. The molecule has 0 aliphatic carbocycles. The molecule has 0 heterocycles. The van der Waals surface area contributed by atoms with Gasteiger partial charge in [-0.25, -0.2) is 8.78 Å². The molecular formula is C12H18F4O4. The number of carbonyl (C=O) groups is 2. The number of Topliss-reactive ketones (excluding diaryl/α,β-unsaturated/α-hetero) is 1. The average molecular weight is 302 g/mol. The summed E-state index contributed by atoms with van der Waals surface area (Å²) in [6, 6.07) is 0. The predicted octanol–water partition coefficient (Wildman–Crippen LogP) is 2.31. The first kappa shape index (κ1) is 18.8. The van der Waals surface area contributed by atoms with Crippen LogP contribution in [0.3, 0.4) is 0 Å². The van der Waals surface area contributed by atoms with E-state index in [1.165, 1.54) is 0 Å². The Morgan fingerprint density at radius 2 is 1.75 bits per heavy atom. The van der Waals surface area contributed by atoms with Crippen molar-refractivity contribution in [2.45, 2.75) is 33.1 Å². The van der Waals surface area contributed by atoms with E-state index in [1.807, 2.05) is 0 Å². The fraction of sp³-hybridized carbons (Fsp3) is 0.833. The van der Waals surface area contributed by atoms with Gasteiger partial charge in [0.15, 0.2) is 5.78 Å². The van der Waals surface area contributed by atoms with E-state index in [9.17, 15) is 27.2 Å². The van der Waals surface area contributed by atoms with Crippen molar-refractivity contribution >= 4 is 11.8 Å². The van der Waals surface area contributed by atoms with E-state index in [0.717, 1.165) is 0 Å². The highest BCUT2D eigenvalue weighted by Gasteiger charge is 2.41. The number of esters is 1. The van der Waals surface area contributed by atoms with Gasteiger partial charge in [-0.1, -0.05) is 13.8 Å². The Bertz CT molecular complexity index is 331. The summed E-state index contributed by atoms with van der Waals surface area (Å²) < 4.78 is 57.8. The molecule has 1 atom stereocenters. The monoisotopic (exact) mass is 302 g/mol. The molecule has 8 heteroatoms. The van der Waals surface area contributed by atoms with Crippen molar-refractivity contribution in [1.82, 2.24) is 0 Å². The van der Waals surface area contributed by atoms with Crippen LogP contribution in [0.15, 0.2) is 0 Å². The first-order chi connectivity index (χ1) is 9.13. The molecule has 20 heavy (non-hydrogen) atoms. The number of ketones is 1. The predicted molar refractivity (Wildman–Crippen MR) is 61.7 cm³/mol. The fourth-order valence-corrected chi connectivity index (χ4v) is 1.45. The maximum Gasteiger partial charge on any atom is 0.330 e. The number of alkyl halides is 4. The third-order valence-electron chi connectivity index (χ3n) is 2.41. The van der Waals surface area contributed by atoms with Crippen LogP contribution in [0.25, 0.3) is 0 Å². The van der Waals surface area contributed by atoms with E-state index in [4.69, 9.17) is 0 Å². The van der Waals surface area contributed by atoms with E-state index < -0.39 is 49.2 Å². The van der Waals surface area contributed by atoms with Gasteiger partial charge in [0.05, 0.1) is 6.61 Å². The highest BCUT2D eigenvalue weighted by atomic mass is 19.3. The molecule has 118 valence electrons. The Morgan fingerprint density at radius 3 is 2.15 bits per heavy atom. The van der Waals surface area contributed by atoms with Crippen LogP contribution in [-0.4, -0.2) is 43.9 Å². The first-order valence-electron chi connectivity index (χ1n) is 6.06. The zero-order valence-corrected chi connectivity index (χ0v) is 11.5. The standard InChI is InChI=1S/C12H18F4O4/c1-4-20-10(18)9(7(2)3)8(17)5-19-6-12(15,16)11(13)14/h7,9,11H,4-6H2,1-3H3. The van der Waals surface area contributed by atoms with E-state index in [1.54, 1.807) is 20.8 Å². The minimum Gasteiger partial charge on any atom is -0.465 e. The highest BCUT2D eigenvalue weighted by Crippen LogP contribution is 2.23. The summed E-state index contributed by atoms with van der Waals surface area (Å²) in [6.07, 6.45) is -3.87. The second-order valence-corrected chi connectivity index (χ2v) is 4.49. The lowest BCUT2D eigenvalue weighted by Gasteiger charge is -2.19. The number of halogens is 4. The summed E-state index contributed by atoms with van der Waals surface area (Å²) in [5.74, 6) is -7.45. The number of ether oxygens (including phenoxy) is 2. The molecule has 0 aromatic carbocycles. The summed E-state index contributed by atoms with van der Waals surface area (Å²) in [4.78, 5) is 23.2. The third kappa shape index (κ3) is 5.85. The fourth-order valence-electron chi connectivity index (χ4n) is 1.45. The smallest absolute Gasteiger partial charge is 0.330 e. The maximum absolute atomic E-state index is 12.6. The molecule has 0 bridgehead atoms. The zero-order chi connectivity index (χ0) is 15.9. The molecule has 0 aromatic heterocycles. The summed E-state index contributed by atoms with van der Waals surface area (Å²) in [6.45, 7) is 2.35. The normalized spacial score (nSPS) is 13.7. The summed E-state index contributed by atoms with van der Waals surface area (Å²) in [5, 5.41) is 0. The molecule has 0 radical (unpaired) electrons. The van der Waals surface area contributed by atoms with Crippen molar-refractivity contribution in [2.24, 2.45) is 11.8 Å². The van der Waals surface area contributed by atoms with Gasteiger partial charge in [0.2, 0.25) is 0 Å². The van der Waals surface area contributed by atoms with Gasteiger partial charge in [-0.15, -0.1) is 0 Å². The van der Waals surface area contributed by atoms with Crippen LogP contribution in [0.2, 0.25) is 0 Å². The van der Waals surface area contributed by atoms with Gasteiger partial charge in [-0.2, -0.15) is 8.78 Å². The van der Waals surface area contributed by atoms with Crippen molar-refractivity contribution in [1.29, 1.82) is 0 Å². The molecule has 0 aromatic rings. The van der Waals surface area contributed by atoms with Crippen LogP contribution in [0, 0.1) is 11.8 Å². The Labute approximate surface area is 114 Å². The second kappa shape index (κ2) is 8.18. The lowest BCUT2D eigenvalue weighted by molar-refractivity contribution is -0.171. The Morgan fingerprint density at radius 1 is 1.20 bits per heavy atom. The lowest BCUT2D eigenvalue weighted by Crippen LogP contribution is -2.36. The van der Waals surface area contributed by atoms with E-state index in [0.29, 0.717) is 0 Å². The van der Waals surface area contributed by atoms with Gasteiger partial charge >= 0.3 is 18.3 Å². The summed E-state index contributed by atoms with van der Waals surface area (Å²) >= 11 is 0. The van der Waals surface area contributed by atoms with E-state index in [-0.39, 0.29) is 6.61 Å². The minimum atomic E-state index is -4.32. The van der Waals surface area contributed by atoms with Crippen LogP contribution < -0.4 is 0 Å². The Balaban J connectivity index is 4.46. The van der Waals surface area contributed by atoms with Crippen molar-refractivity contribution < 1.29 is 36.6 Å². The molecule has 0 aliphatic rings. The zero-order valence-electron chi connectivity index (χ0n) is 11.5. The first-order valence-corrected chi connectivity index (χ1v) is 6.06. The molecule has 0 saturated carbocycles. The van der Waals surface area contributed by atoms with Crippen molar-refractivity contribution in [3.63, 3.8) is 0 Å². The van der Waals surface area contributed by atoms with Crippen molar-refractivity contribution in [3.8, 4) is 0 Å². The van der Waals surface area contributed by atoms with Gasteiger partial charge in [0, 0.05) is 0 Å². The molecule has 0 N–H and O–H groups in total. The van der Waals surface area contributed by atoms with Crippen LogP contribution >= 0.6 is 0 Å². The van der Waals surface area contributed by atoms with Gasteiger partial charge in [0.1, 0.15) is 19.1 Å². The maximum atomic E-state index is 12.6. The molecule has 0 rings (SSSR count). The molecule has 0 saturated heterocycles. The van der Waals surface area contributed by atoms with Crippen LogP contribution in [-0.2, 0) is 19.1 Å².